The van der Waals surface area contributed by atoms with E-state index in [9.17, 15) is 14.9 Å². The van der Waals surface area contributed by atoms with Gasteiger partial charge in [-0.3, -0.25) is 4.79 Å². The van der Waals surface area contributed by atoms with Crippen molar-refractivity contribution in [3.05, 3.63) is 48.5 Å². The van der Waals surface area contributed by atoms with E-state index in [0.717, 1.165) is 21.1 Å². The summed E-state index contributed by atoms with van der Waals surface area (Å²) in [6, 6.07) is 8.37. The highest BCUT2D eigenvalue weighted by atomic mass is 79.9. The molecule has 9 heteroatoms. The summed E-state index contributed by atoms with van der Waals surface area (Å²) in [6.07, 6.45) is 3.25. The zero-order valence-corrected chi connectivity index (χ0v) is 19.7. The molecule has 2 rings (SSSR count). The van der Waals surface area contributed by atoms with Gasteiger partial charge in [0.15, 0.2) is 11.5 Å². The largest absolute Gasteiger partial charge is 0.493 e. The molecule has 0 aliphatic heterocycles. The van der Waals surface area contributed by atoms with Gasteiger partial charge in [0.25, 0.3) is 5.91 Å². The number of carbonyl (C=O) groups is 2. The second-order valence-electron chi connectivity index (χ2n) is 5.81. The van der Waals surface area contributed by atoms with E-state index < -0.39 is 11.9 Å². The van der Waals surface area contributed by atoms with Crippen LogP contribution in [0.4, 0.5) is 0 Å². The highest BCUT2D eigenvalue weighted by molar-refractivity contribution is 9.13. The smallest absolute Gasteiger partial charge is 0.353 e. The lowest BCUT2D eigenvalue weighted by Gasteiger charge is -2.09. The molecule has 0 aliphatic rings. The Morgan fingerprint density at radius 2 is 2.03 bits per heavy atom. The molecular formula is C20H18Br2N2O4S. The van der Waals surface area contributed by atoms with Crippen LogP contribution in [0.25, 0.3) is 6.08 Å². The number of nitriles is 1. The monoisotopic (exact) mass is 540 g/mol. The number of benzene rings is 1. The summed E-state index contributed by atoms with van der Waals surface area (Å²) in [4.78, 5) is 24.9. The Morgan fingerprint density at radius 3 is 2.62 bits per heavy atom. The predicted octanol–water partition coefficient (Wildman–Crippen LogP) is 5.32. The van der Waals surface area contributed by atoms with Crippen molar-refractivity contribution in [3.63, 3.8) is 0 Å². The van der Waals surface area contributed by atoms with Gasteiger partial charge in [-0.2, -0.15) is 5.26 Å². The molecule has 0 radical (unpaired) electrons. The van der Waals surface area contributed by atoms with Crippen LogP contribution in [-0.2, 0) is 4.79 Å². The van der Waals surface area contributed by atoms with Gasteiger partial charge in [-0.25, -0.2) is 4.79 Å². The molecule has 0 unspecified atom stereocenters. The molecule has 29 heavy (non-hydrogen) atoms. The number of hydrogen-bond acceptors (Lipinski definition) is 6. The summed E-state index contributed by atoms with van der Waals surface area (Å²) in [7, 11) is 1.45. The Morgan fingerprint density at radius 1 is 1.28 bits per heavy atom. The number of nitrogens with zero attached hydrogens (tertiary/aromatic N) is 1. The summed E-state index contributed by atoms with van der Waals surface area (Å²) >= 11 is 7.92. The molecule has 1 aromatic carbocycles. The van der Waals surface area contributed by atoms with E-state index in [-0.39, 0.29) is 11.3 Å². The summed E-state index contributed by atoms with van der Waals surface area (Å²) in [5.41, 5.74) is 0.562. The molecule has 1 heterocycles. The second-order valence-corrected chi connectivity index (χ2v) is 9.04. The van der Waals surface area contributed by atoms with E-state index >= 15 is 0 Å². The van der Waals surface area contributed by atoms with Gasteiger partial charge in [0.1, 0.15) is 16.5 Å². The molecule has 0 spiro atoms. The molecule has 0 fully saturated rings. The number of unbranched alkanes of at least 4 members (excludes halogenated alkanes) is 1. The number of rotatable bonds is 8. The number of hydrogen-bond donors (Lipinski definition) is 1. The third-order valence-electron chi connectivity index (χ3n) is 3.73. The van der Waals surface area contributed by atoms with Gasteiger partial charge >= 0.3 is 5.97 Å². The number of amides is 1. The maximum Gasteiger partial charge on any atom is 0.353 e. The SMILES string of the molecule is CCCCNC(=O)C(C#N)=Cc1ccc(OC(=O)c2cc(Br)c(Br)s2)c(OC)c1. The zero-order chi connectivity index (χ0) is 21.4. The van der Waals surface area contributed by atoms with Crippen LogP contribution in [-0.4, -0.2) is 25.5 Å². The highest BCUT2D eigenvalue weighted by Gasteiger charge is 2.17. The van der Waals surface area contributed by atoms with Gasteiger partial charge in [-0.05, 0) is 68.1 Å². The molecule has 1 N–H and O–H groups in total. The lowest BCUT2D eigenvalue weighted by Crippen LogP contribution is -2.25. The standard InChI is InChI=1S/C20H18Br2N2O4S/c1-3-4-7-24-19(25)13(11-23)8-12-5-6-15(16(9-12)27-2)28-20(26)17-10-14(21)18(22)29-17/h5-6,8-10H,3-4,7H2,1-2H3,(H,24,25). The second kappa shape index (κ2) is 11.1. The molecule has 2 aromatic rings. The van der Waals surface area contributed by atoms with Crippen molar-refractivity contribution < 1.29 is 19.1 Å². The first-order valence-electron chi connectivity index (χ1n) is 8.64. The normalized spacial score (nSPS) is 10.9. The number of carbonyl (C=O) groups excluding carboxylic acids is 2. The molecule has 0 aliphatic carbocycles. The molecule has 6 nitrogen and oxygen atoms in total. The molecule has 1 aromatic heterocycles. The van der Waals surface area contributed by atoms with Gasteiger partial charge in [0.2, 0.25) is 0 Å². The van der Waals surface area contributed by atoms with Gasteiger partial charge in [0, 0.05) is 11.0 Å². The third kappa shape index (κ3) is 6.42. The van der Waals surface area contributed by atoms with Crippen LogP contribution in [0.5, 0.6) is 11.5 Å². The van der Waals surface area contributed by atoms with Crippen LogP contribution in [0.15, 0.2) is 38.1 Å². The number of ether oxygens (including phenoxy) is 2. The first kappa shape index (κ1) is 23.1. The van der Waals surface area contributed by atoms with E-state index in [1.807, 2.05) is 13.0 Å². The summed E-state index contributed by atoms with van der Waals surface area (Å²) in [6.45, 7) is 2.53. The van der Waals surface area contributed by atoms with Gasteiger partial charge < -0.3 is 14.8 Å². The van der Waals surface area contributed by atoms with Crippen molar-refractivity contribution in [2.45, 2.75) is 19.8 Å². The fourth-order valence-electron chi connectivity index (χ4n) is 2.24. The third-order valence-corrected chi connectivity index (χ3v) is 6.96. The Hall–Kier alpha value is -2.15. The van der Waals surface area contributed by atoms with Crippen molar-refractivity contribution in [1.82, 2.24) is 5.32 Å². The average molecular weight is 542 g/mol. The van der Waals surface area contributed by atoms with E-state index in [4.69, 9.17) is 9.47 Å². The molecule has 1 amide bonds. The Labute approximate surface area is 189 Å². The van der Waals surface area contributed by atoms with E-state index in [1.54, 1.807) is 24.3 Å². The number of halogens is 2. The summed E-state index contributed by atoms with van der Waals surface area (Å²) in [5.74, 6) is -0.396. The van der Waals surface area contributed by atoms with E-state index in [1.165, 1.54) is 24.5 Å². The molecular weight excluding hydrogens is 524 g/mol. The number of thiophene rings is 1. The number of esters is 1. The van der Waals surface area contributed by atoms with Gasteiger partial charge in [-0.15, -0.1) is 11.3 Å². The topological polar surface area (TPSA) is 88.4 Å². The average Bonchev–Trinajstić information content (AvgIpc) is 3.05. The van der Waals surface area contributed by atoms with Crippen molar-refractivity contribution in [2.24, 2.45) is 0 Å². The van der Waals surface area contributed by atoms with E-state index in [0.29, 0.717) is 22.7 Å². The van der Waals surface area contributed by atoms with Crippen molar-refractivity contribution in [3.8, 4) is 17.6 Å². The van der Waals surface area contributed by atoms with Gasteiger partial charge in [0.05, 0.1) is 10.9 Å². The van der Waals surface area contributed by atoms with Crippen LogP contribution in [0.3, 0.4) is 0 Å². The quantitative estimate of drug-likeness (QED) is 0.160. The summed E-state index contributed by atoms with van der Waals surface area (Å²) < 4.78 is 12.3. The van der Waals surface area contributed by atoms with Crippen molar-refractivity contribution in [1.29, 1.82) is 5.26 Å². The van der Waals surface area contributed by atoms with Crippen LogP contribution >= 0.6 is 43.2 Å². The molecule has 0 saturated carbocycles. The Kier molecular flexibility index (Phi) is 8.89. The molecule has 0 atom stereocenters. The maximum atomic E-state index is 12.4. The van der Waals surface area contributed by atoms with Gasteiger partial charge in [-0.1, -0.05) is 19.4 Å². The lowest BCUT2D eigenvalue weighted by atomic mass is 10.1. The van der Waals surface area contributed by atoms with Crippen LogP contribution in [0.1, 0.15) is 35.0 Å². The van der Waals surface area contributed by atoms with Crippen molar-refractivity contribution in [2.75, 3.05) is 13.7 Å². The minimum Gasteiger partial charge on any atom is -0.493 e. The Bertz CT molecular complexity index is 960. The molecule has 152 valence electrons. The fraction of sp³-hybridized carbons (Fsp3) is 0.250. The first-order chi connectivity index (χ1) is 13.9. The van der Waals surface area contributed by atoms with Crippen molar-refractivity contribution >= 4 is 61.1 Å². The minimum atomic E-state index is -0.518. The zero-order valence-electron chi connectivity index (χ0n) is 15.8. The van der Waals surface area contributed by atoms with Crippen LogP contribution in [0, 0.1) is 11.3 Å². The predicted molar refractivity (Wildman–Crippen MR) is 119 cm³/mol. The Balaban J connectivity index is 2.19. The lowest BCUT2D eigenvalue weighted by molar-refractivity contribution is -0.117. The summed E-state index contributed by atoms with van der Waals surface area (Å²) in [5, 5.41) is 12.0. The highest BCUT2D eigenvalue weighted by Crippen LogP contribution is 2.34. The fourth-order valence-corrected chi connectivity index (χ4v) is 4.16. The number of methoxy groups -OCH3 is 1. The van der Waals surface area contributed by atoms with Crippen LogP contribution in [0.2, 0.25) is 0 Å². The maximum absolute atomic E-state index is 12.4. The number of nitrogens with one attached hydrogen (secondary N) is 1. The minimum absolute atomic E-state index is 0.0128. The molecule has 0 bridgehead atoms. The first-order valence-corrected chi connectivity index (χ1v) is 11.0. The molecule has 0 saturated heterocycles. The van der Waals surface area contributed by atoms with E-state index in [2.05, 4.69) is 37.2 Å². The van der Waals surface area contributed by atoms with Crippen LogP contribution < -0.4 is 14.8 Å².